The standard InChI is InChI=1S/C17H20ClNO/c1-3-12-20-16-10-6-14(7-11-16)17(19-2)13-4-8-15(18)9-5-13/h4-11,17,19H,3,12H2,1-2H3. The molecule has 1 N–H and O–H groups in total. The van der Waals surface area contributed by atoms with Gasteiger partial charge in [0.15, 0.2) is 0 Å². The molecular formula is C17H20ClNO. The molecule has 2 nitrogen and oxygen atoms in total. The molecule has 2 aromatic carbocycles. The predicted molar refractivity (Wildman–Crippen MR) is 84.6 cm³/mol. The summed E-state index contributed by atoms with van der Waals surface area (Å²) in [7, 11) is 1.96. The van der Waals surface area contributed by atoms with Crippen molar-refractivity contribution >= 4 is 11.6 Å². The predicted octanol–water partition coefficient (Wildman–Crippen LogP) is 4.44. The van der Waals surface area contributed by atoms with Crippen LogP contribution in [0.25, 0.3) is 0 Å². The number of rotatable bonds is 6. The Kier molecular flexibility index (Phi) is 5.45. The van der Waals surface area contributed by atoms with Gasteiger partial charge in [-0.25, -0.2) is 0 Å². The molecule has 0 aliphatic rings. The summed E-state index contributed by atoms with van der Waals surface area (Å²) >= 11 is 5.94. The van der Waals surface area contributed by atoms with Crippen molar-refractivity contribution in [2.75, 3.05) is 13.7 Å². The smallest absolute Gasteiger partial charge is 0.119 e. The lowest BCUT2D eigenvalue weighted by molar-refractivity contribution is 0.317. The van der Waals surface area contributed by atoms with Crippen LogP contribution in [0.3, 0.4) is 0 Å². The average Bonchev–Trinajstić information content (AvgIpc) is 2.49. The fraction of sp³-hybridized carbons (Fsp3) is 0.294. The first-order chi connectivity index (χ1) is 9.74. The van der Waals surface area contributed by atoms with Gasteiger partial charge in [0.2, 0.25) is 0 Å². The molecule has 0 aromatic heterocycles. The van der Waals surface area contributed by atoms with E-state index in [9.17, 15) is 0 Å². The van der Waals surface area contributed by atoms with Gasteiger partial charge < -0.3 is 10.1 Å². The maximum absolute atomic E-state index is 5.94. The maximum atomic E-state index is 5.94. The van der Waals surface area contributed by atoms with Crippen LogP contribution < -0.4 is 10.1 Å². The van der Waals surface area contributed by atoms with Gasteiger partial charge >= 0.3 is 0 Å². The molecule has 1 unspecified atom stereocenters. The average molecular weight is 290 g/mol. The first-order valence-electron chi connectivity index (χ1n) is 6.90. The molecule has 0 saturated carbocycles. The highest BCUT2D eigenvalue weighted by Gasteiger charge is 2.11. The van der Waals surface area contributed by atoms with Crippen LogP contribution in [0.15, 0.2) is 48.5 Å². The minimum absolute atomic E-state index is 0.160. The van der Waals surface area contributed by atoms with E-state index < -0.39 is 0 Å². The van der Waals surface area contributed by atoms with Crippen molar-refractivity contribution in [3.8, 4) is 5.75 Å². The van der Waals surface area contributed by atoms with Crippen LogP contribution in [0.1, 0.15) is 30.5 Å². The zero-order valence-corrected chi connectivity index (χ0v) is 12.7. The van der Waals surface area contributed by atoms with E-state index in [1.165, 1.54) is 11.1 Å². The van der Waals surface area contributed by atoms with E-state index >= 15 is 0 Å². The summed E-state index contributed by atoms with van der Waals surface area (Å²) in [5.74, 6) is 0.918. The first kappa shape index (κ1) is 14.9. The number of hydrogen-bond donors (Lipinski definition) is 1. The Hall–Kier alpha value is -1.51. The quantitative estimate of drug-likeness (QED) is 0.849. The molecule has 0 amide bonds. The van der Waals surface area contributed by atoms with Crippen molar-refractivity contribution in [3.63, 3.8) is 0 Å². The Labute approximate surface area is 125 Å². The molecule has 0 spiro atoms. The first-order valence-corrected chi connectivity index (χ1v) is 7.28. The molecule has 2 rings (SSSR count). The number of ether oxygens (including phenoxy) is 1. The minimum atomic E-state index is 0.160. The van der Waals surface area contributed by atoms with Gasteiger partial charge in [-0.2, -0.15) is 0 Å². The Morgan fingerprint density at radius 3 is 2.05 bits per heavy atom. The van der Waals surface area contributed by atoms with Crippen LogP contribution in [0.5, 0.6) is 5.75 Å². The summed E-state index contributed by atoms with van der Waals surface area (Å²) in [5, 5.41) is 4.09. The molecule has 106 valence electrons. The van der Waals surface area contributed by atoms with E-state index in [-0.39, 0.29) is 6.04 Å². The van der Waals surface area contributed by atoms with Crippen molar-refractivity contribution < 1.29 is 4.74 Å². The largest absolute Gasteiger partial charge is 0.494 e. The van der Waals surface area contributed by atoms with Crippen LogP contribution in [0, 0.1) is 0 Å². The van der Waals surface area contributed by atoms with Crippen molar-refractivity contribution in [2.45, 2.75) is 19.4 Å². The monoisotopic (exact) mass is 289 g/mol. The molecule has 0 saturated heterocycles. The van der Waals surface area contributed by atoms with E-state index in [4.69, 9.17) is 16.3 Å². The number of benzene rings is 2. The Bertz CT molecular complexity index is 522. The van der Waals surface area contributed by atoms with Gasteiger partial charge in [0.1, 0.15) is 5.75 Å². The fourth-order valence-electron chi connectivity index (χ4n) is 2.16. The van der Waals surface area contributed by atoms with Crippen LogP contribution in [-0.2, 0) is 0 Å². The molecule has 3 heteroatoms. The van der Waals surface area contributed by atoms with Crippen LogP contribution in [0.2, 0.25) is 5.02 Å². The Morgan fingerprint density at radius 2 is 1.55 bits per heavy atom. The van der Waals surface area contributed by atoms with Gasteiger partial charge in [0.25, 0.3) is 0 Å². The van der Waals surface area contributed by atoms with E-state index in [0.717, 1.165) is 23.8 Å². The van der Waals surface area contributed by atoms with Crippen LogP contribution in [0.4, 0.5) is 0 Å². The van der Waals surface area contributed by atoms with Gasteiger partial charge in [0, 0.05) is 5.02 Å². The van der Waals surface area contributed by atoms with Crippen molar-refractivity contribution in [2.24, 2.45) is 0 Å². The lowest BCUT2D eigenvalue weighted by Gasteiger charge is -2.18. The highest BCUT2D eigenvalue weighted by molar-refractivity contribution is 6.30. The van der Waals surface area contributed by atoms with Gasteiger partial charge in [-0.3, -0.25) is 0 Å². The number of nitrogens with one attached hydrogen (secondary N) is 1. The summed E-state index contributed by atoms with van der Waals surface area (Å²) in [5.41, 5.74) is 2.40. The molecular weight excluding hydrogens is 270 g/mol. The van der Waals surface area contributed by atoms with E-state index in [1.807, 2.05) is 43.4 Å². The molecule has 2 aromatic rings. The zero-order chi connectivity index (χ0) is 14.4. The second kappa shape index (κ2) is 7.32. The third kappa shape index (κ3) is 3.75. The molecule has 0 heterocycles. The number of halogens is 1. The number of hydrogen-bond acceptors (Lipinski definition) is 2. The summed E-state index contributed by atoms with van der Waals surface area (Å²) in [4.78, 5) is 0. The topological polar surface area (TPSA) is 21.3 Å². The third-order valence-electron chi connectivity index (χ3n) is 3.18. The highest BCUT2D eigenvalue weighted by atomic mass is 35.5. The van der Waals surface area contributed by atoms with Crippen LogP contribution >= 0.6 is 11.6 Å². The molecule has 0 radical (unpaired) electrons. The van der Waals surface area contributed by atoms with E-state index in [0.29, 0.717) is 0 Å². The Balaban J connectivity index is 2.17. The Morgan fingerprint density at radius 1 is 1.00 bits per heavy atom. The van der Waals surface area contributed by atoms with Gasteiger partial charge in [0.05, 0.1) is 12.6 Å². The maximum Gasteiger partial charge on any atom is 0.119 e. The van der Waals surface area contributed by atoms with E-state index in [2.05, 4.69) is 24.4 Å². The van der Waals surface area contributed by atoms with Gasteiger partial charge in [-0.05, 0) is 48.9 Å². The molecule has 0 fully saturated rings. The highest BCUT2D eigenvalue weighted by Crippen LogP contribution is 2.25. The van der Waals surface area contributed by atoms with E-state index in [1.54, 1.807) is 0 Å². The summed E-state index contributed by atoms with van der Waals surface area (Å²) < 4.78 is 5.61. The van der Waals surface area contributed by atoms with Crippen molar-refractivity contribution in [1.29, 1.82) is 0 Å². The fourth-order valence-corrected chi connectivity index (χ4v) is 2.28. The van der Waals surface area contributed by atoms with Crippen molar-refractivity contribution in [3.05, 3.63) is 64.7 Å². The molecule has 0 bridgehead atoms. The summed E-state index contributed by atoms with van der Waals surface area (Å²) in [6.45, 7) is 2.86. The van der Waals surface area contributed by atoms with Gasteiger partial charge in [-0.1, -0.05) is 42.8 Å². The molecule has 20 heavy (non-hydrogen) atoms. The lowest BCUT2D eigenvalue weighted by Crippen LogP contribution is -2.17. The van der Waals surface area contributed by atoms with Gasteiger partial charge in [-0.15, -0.1) is 0 Å². The molecule has 1 atom stereocenters. The lowest BCUT2D eigenvalue weighted by atomic mass is 9.99. The molecule has 0 aliphatic carbocycles. The second-order valence-corrected chi connectivity index (χ2v) is 5.13. The molecule has 0 aliphatic heterocycles. The van der Waals surface area contributed by atoms with Crippen LogP contribution in [-0.4, -0.2) is 13.7 Å². The minimum Gasteiger partial charge on any atom is -0.494 e. The third-order valence-corrected chi connectivity index (χ3v) is 3.43. The summed E-state index contributed by atoms with van der Waals surface area (Å²) in [6, 6.07) is 16.3. The normalized spacial score (nSPS) is 12.2. The second-order valence-electron chi connectivity index (χ2n) is 4.69. The van der Waals surface area contributed by atoms with Crippen molar-refractivity contribution in [1.82, 2.24) is 5.32 Å². The summed E-state index contributed by atoms with van der Waals surface area (Å²) in [6.07, 6.45) is 1.02. The SMILES string of the molecule is CCCOc1ccc(C(NC)c2ccc(Cl)cc2)cc1. The zero-order valence-electron chi connectivity index (χ0n) is 11.9.